The zero-order chi connectivity index (χ0) is 20.7. The Morgan fingerprint density at radius 2 is 2.03 bits per heavy atom. The van der Waals surface area contributed by atoms with Gasteiger partial charge in [0.2, 0.25) is 0 Å². The minimum atomic E-state index is 0.504. The smallest absolute Gasteiger partial charge is 0.146 e. The summed E-state index contributed by atoms with van der Waals surface area (Å²) in [6.07, 6.45) is 9.72. The number of anilines is 1. The van der Waals surface area contributed by atoms with Crippen LogP contribution in [0.25, 0.3) is 22.2 Å². The maximum Gasteiger partial charge on any atom is 0.146 e. The van der Waals surface area contributed by atoms with Gasteiger partial charge in [-0.2, -0.15) is 0 Å². The zero-order valence-corrected chi connectivity index (χ0v) is 18.6. The van der Waals surface area contributed by atoms with Crippen LogP contribution in [0.4, 0.5) is 5.82 Å². The van der Waals surface area contributed by atoms with Crippen molar-refractivity contribution in [3.63, 3.8) is 0 Å². The lowest BCUT2D eigenvalue weighted by molar-refractivity contribution is 0.0921. The number of aryl methyl sites for hydroxylation is 1. The van der Waals surface area contributed by atoms with Crippen LogP contribution in [0.3, 0.4) is 0 Å². The van der Waals surface area contributed by atoms with E-state index in [1.165, 1.54) is 55.6 Å². The number of nitrogens with one attached hydrogen (secondary N) is 1. The molecule has 3 N–H and O–H groups in total. The lowest BCUT2D eigenvalue weighted by atomic mass is 9.79. The second-order valence-corrected chi connectivity index (χ2v) is 9.48. The molecule has 0 radical (unpaired) electrons. The van der Waals surface area contributed by atoms with Gasteiger partial charge < -0.3 is 15.2 Å². The first-order valence-electron chi connectivity index (χ1n) is 10.8. The number of rotatable bonds is 7. The fourth-order valence-electron chi connectivity index (χ4n) is 4.89. The number of hydrogen-bond donors (Lipinski definition) is 2. The second-order valence-electron chi connectivity index (χ2n) is 8.79. The van der Waals surface area contributed by atoms with Crippen LogP contribution in [0.1, 0.15) is 36.4 Å². The third-order valence-corrected chi connectivity index (χ3v) is 7.01. The van der Waals surface area contributed by atoms with Gasteiger partial charge in [0.15, 0.2) is 0 Å². The molecule has 0 spiro atoms. The Morgan fingerprint density at radius 3 is 2.77 bits per heavy atom. The molecule has 2 aromatic heterocycles. The maximum absolute atomic E-state index is 6.36. The van der Waals surface area contributed by atoms with Crippen LogP contribution in [0, 0.1) is 12.8 Å². The zero-order valence-electron chi connectivity index (χ0n) is 17.8. The number of fused-ring (bicyclic) bond motifs is 1. The minimum Gasteiger partial charge on any atom is -0.383 e. The van der Waals surface area contributed by atoms with Gasteiger partial charge in [0.05, 0.1) is 5.39 Å². The molecule has 1 aliphatic heterocycles. The number of likely N-dealkylation sites (tertiary alicyclic amines) is 1. The van der Waals surface area contributed by atoms with E-state index in [1.54, 1.807) is 18.3 Å². The standard InChI is InChI=1S/C23H30N6S/c1-15-6-16(11-27-30-2)8-18(7-15)20-13-29(23-21(20)22(24)25-14-26-23)19-9-17(10-19)12-28-4-3-5-28/h6-8,13-14,17,19,27H,3-5,9-12H2,1-2H3,(H2,24,25,26). The van der Waals surface area contributed by atoms with Crippen molar-refractivity contribution in [1.82, 2.24) is 24.2 Å². The van der Waals surface area contributed by atoms with Crippen molar-refractivity contribution in [1.29, 1.82) is 0 Å². The van der Waals surface area contributed by atoms with Gasteiger partial charge in [0, 0.05) is 30.9 Å². The van der Waals surface area contributed by atoms with Crippen LogP contribution in [-0.2, 0) is 6.54 Å². The van der Waals surface area contributed by atoms with Gasteiger partial charge in [-0.15, -0.1) is 0 Å². The van der Waals surface area contributed by atoms with Crippen LogP contribution in [0.15, 0.2) is 30.7 Å². The molecule has 3 heterocycles. The van der Waals surface area contributed by atoms with Crippen molar-refractivity contribution >= 4 is 28.8 Å². The van der Waals surface area contributed by atoms with Crippen LogP contribution >= 0.6 is 11.9 Å². The SMILES string of the molecule is CSNCc1cc(C)cc(-c2cn(C3CC(CN4CCC4)C3)c3ncnc(N)c23)c1. The summed E-state index contributed by atoms with van der Waals surface area (Å²) in [7, 11) is 0. The number of benzene rings is 1. The molecule has 1 aromatic carbocycles. The molecule has 6 nitrogen and oxygen atoms in total. The van der Waals surface area contributed by atoms with Crippen LogP contribution in [0.2, 0.25) is 0 Å². The van der Waals surface area contributed by atoms with E-state index in [0.29, 0.717) is 11.9 Å². The van der Waals surface area contributed by atoms with E-state index in [2.05, 4.69) is 61.7 Å². The second kappa shape index (κ2) is 8.21. The highest BCUT2D eigenvalue weighted by Gasteiger charge is 2.34. The molecule has 1 saturated heterocycles. The summed E-state index contributed by atoms with van der Waals surface area (Å²) >= 11 is 1.64. The fraction of sp³-hybridized carbons (Fsp3) is 0.478. The summed E-state index contributed by atoms with van der Waals surface area (Å²) in [6, 6.07) is 7.23. The topological polar surface area (TPSA) is 72.0 Å². The predicted molar refractivity (Wildman–Crippen MR) is 125 cm³/mol. The Kier molecular flexibility index (Phi) is 5.43. The predicted octanol–water partition coefficient (Wildman–Crippen LogP) is 4.01. The molecule has 158 valence electrons. The van der Waals surface area contributed by atoms with Crippen LogP contribution in [0.5, 0.6) is 0 Å². The molecular formula is C23H30N6S. The van der Waals surface area contributed by atoms with Crippen molar-refractivity contribution in [2.45, 2.75) is 38.8 Å². The number of nitrogens with two attached hydrogens (primary N) is 1. The fourth-order valence-corrected chi connectivity index (χ4v) is 5.20. The van der Waals surface area contributed by atoms with Crippen molar-refractivity contribution in [2.75, 3.05) is 31.6 Å². The molecule has 7 heteroatoms. The highest BCUT2D eigenvalue weighted by molar-refractivity contribution is 7.96. The summed E-state index contributed by atoms with van der Waals surface area (Å²) in [5.41, 5.74) is 12.2. The van der Waals surface area contributed by atoms with Gasteiger partial charge in [-0.1, -0.05) is 29.6 Å². The first-order chi connectivity index (χ1) is 14.6. The van der Waals surface area contributed by atoms with Crippen LogP contribution < -0.4 is 10.5 Å². The lowest BCUT2D eigenvalue weighted by Crippen LogP contribution is -2.43. The van der Waals surface area contributed by atoms with E-state index in [9.17, 15) is 0 Å². The molecule has 2 aliphatic rings. The van der Waals surface area contributed by atoms with Gasteiger partial charge >= 0.3 is 0 Å². The molecular weight excluding hydrogens is 392 g/mol. The number of nitrogen functional groups attached to an aromatic ring is 1. The van der Waals surface area contributed by atoms with Crippen LogP contribution in [-0.4, -0.2) is 45.3 Å². The quantitative estimate of drug-likeness (QED) is 0.561. The Morgan fingerprint density at radius 1 is 1.20 bits per heavy atom. The van der Waals surface area contributed by atoms with E-state index in [4.69, 9.17) is 5.73 Å². The van der Waals surface area contributed by atoms with Gasteiger partial charge in [0.1, 0.15) is 17.8 Å². The summed E-state index contributed by atoms with van der Waals surface area (Å²) in [5.74, 6) is 1.37. The third-order valence-electron chi connectivity index (χ3n) is 6.58. The Hall–Kier alpha value is -2.09. The van der Waals surface area contributed by atoms with Crippen molar-refractivity contribution in [3.8, 4) is 11.1 Å². The molecule has 1 aliphatic carbocycles. The van der Waals surface area contributed by atoms with Gasteiger partial charge in [-0.25, -0.2) is 9.97 Å². The van der Waals surface area contributed by atoms with Crippen molar-refractivity contribution in [3.05, 3.63) is 41.9 Å². The summed E-state index contributed by atoms with van der Waals surface area (Å²) in [5, 5.41) is 0.984. The summed E-state index contributed by atoms with van der Waals surface area (Å²) in [6.45, 7) is 6.80. The maximum atomic E-state index is 6.36. The van der Waals surface area contributed by atoms with Gasteiger partial charge in [-0.3, -0.25) is 4.72 Å². The number of hydrogen-bond acceptors (Lipinski definition) is 6. The minimum absolute atomic E-state index is 0.504. The number of aromatic nitrogens is 3. The van der Waals surface area contributed by atoms with Gasteiger partial charge in [-0.05, 0) is 68.6 Å². The van der Waals surface area contributed by atoms with E-state index < -0.39 is 0 Å². The summed E-state index contributed by atoms with van der Waals surface area (Å²) < 4.78 is 5.71. The first kappa shape index (κ1) is 19.8. The highest BCUT2D eigenvalue weighted by atomic mass is 32.2. The molecule has 2 fully saturated rings. The molecule has 5 rings (SSSR count). The molecule has 0 bridgehead atoms. The first-order valence-corrected chi connectivity index (χ1v) is 12.0. The van der Waals surface area contributed by atoms with Gasteiger partial charge in [0.25, 0.3) is 0 Å². The summed E-state index contributed by atoms with van der Waals surface area (Å²) in [4.78, 5) is 11.5. The number of nitrogens with zero attached hydrogens (tertiary/aromatic N) is 4. The molecule has 0 atom stereocenters. The molecule has 0 unspecified atom stereocenters. The Balaban J connectivity index is 1.48. The van der Waals surface area contributed by atoms with Crippen molar-refractivity contribution in [2.24, 2.45) is 5.92 Å². The average Bonchev–Trinajstić information content (AvgIpc) is 3.04. The lowest BCUT2D eigenvalue weighted by Gasteiger charge is -2.42. The highest BCUT2D eigenvalue weighted by Crippen LogP contribution is 2.43. The largest absolute Gasteiger partial charge is 0.383 e. The van der Waals surface area contributed by atoms with E-state index >= 15 is 0 Å². The van der Waals surface area contributed by atoms with E-state index in [1.807, 2.05) is 0 Å². The molecule has 3 aromatic rings. The molecule has 0 amide bonds. The van der Waals surface area contributed by atoms with E-state index in [0.717, 1.165) is 29.1 Å². The monoisotopic (exact) mass is 422 g/mol. The molecule has 1 saturated carbocycles. The van der Waals surface area contributed by atoms with Crippen molar-refractivity contribution < 1.29 is 0 Å². The van der Waals surface area contributed by atoms with E-state index in [-0.39, 0.29) is 0 Å². The average molecular weight is 423 g/mol. The normalized spacial score (nSPS) is 21.5. The third kappa shape index (κ3) is 3.70. The Labute approximate surface area is 182 Å². The molecule has 30 heavy (non-hydrogen) atoms. The Bertz CT molecular complexity index is 1050.